The molecule has 10 atom stereocenters. The van der Waals surface area contributed by atoms with Crippen LogP contribution in [0.5, 0.6) is 0 Å². The molecule has 0 N–H and O–H groups in total. The molecule has 4 nitrogen and oxygen atoms in total. The van der Waals surface area contributed by atoms with Gasteiger partial charge in [-0.15, -0.1) is 0 Å². The molecule has 3 heterocycles. The minimum absolute atomic E-state index is 0.353. The van der Waals surface area contributed by atoms with Crippen molar-refractivity contribution in [2.24, 2.45) is 41.4 Å². The summed E-state index contributed by atoms with van der Waals surface area (Å²) >= 11 is 0. The minimum atomic E-state index is 0.353. The fourth-order valence-electron chi connectivity index (χ4n) is 11.7. The molecular formula is C46H52N4. The molecule has 50 heavy (non-hydrogen) atoms. The number of hydrogen-bond acceptors (Lipinski definition) is 4. The van der Waals surface area contributed by atoms with Gasteiger partial charge in [-0.3, -0.25) is 0 Å². The van der Waals surface area contributed by atoms with Gasteiger partial charge in [0.25, 0.3) is 0 Å². The Kier molecular flexibility index (Phi) is 7.65. The zero-order valence-corrected chi connectivity index (χ0v) is 29.9. The first kappa shape index (κ1) is 30.9. The standard InChI is InChI=1S/C46H52N4/c1-29-13-12-14-32(25-29)44-37-19-6-9-20-40(37)47-46(48-44)50-42-22-11-7-17-35(42)38-27-31(23-24-43(38)50)33-26-30(2)45-39(28-33)36-18-8-10-21-41(36)49(45)34-15-4-3-5-16-34/h4,6,9-12,14-16,19-25,29-31,33,35,38-39,42-43,45H,3,5,7-8,13,17-18,26-28H2,1-2H3. The number of para-hydroxylation sites is 1. The highest BCUT2D eigenvalue weighted by molar-refractivity contribution is 5.93. The Labute approximate surface area is 298 Å². The number of benzene rings is 1. The first-order valence-electron chi connectivity index (χ1n) is 20.0. The number of nitrogens with zero attached hydrogens (tertiary/aromatic N) is 4. The van der Waals surface area contributed by atoms with E-state index in [0.717, 1.165) is 34.9 Å². The van der Waals surface area contributed by atoms with Crippen LogP contribution in [-0.4, -0.2) is 33.0 Å². The molecule has 256 valence electrons. The molecule has 4 heteroatoms. The van der Waals surface area contributed by atoms with Gasteiger partial charge in [-0.2, -0.15) is 0 Å². The fraction of sp³-hybridized carbons (Fsp3) is 0.478. The second-order valence-electron chi connectivity index (χ2n) is 16.8. The molecule has 1 aromatic carbocycles. The quantitative estimate of drug-likeness (QED) is 0.306. The summed E-state index contributed by atoms with van der Waals surface area (Å²) in [6.45, 7) is 4.89. The molecule has 0 radical (unpaired) electrons. The lowest BCUT2D eigenvalue weighted by Gasteiger charge is -2.46. The molecule has 2 aromatic rings. The van der Waals surface area contributed by atoms with Crippen molar-refractivity contribution in [3.63, 3.8) is 0 Å². The van der Waals surface area contributed by atoms with Gasteiger partial charge in [-0.25, -0.2) is 9.97 Å². The van der Waals surface area contributed by atoms with Gasteiger partial charge < -0.3 is 9.80 Å². The summed E-state index contributed by atoms with van der Waals surface area (Å²) in [6.07, 6.45) is 41.8. The molecule has 2 aliphatic heterocycles. The third-order valence-corrected chi connectivity index (χ3v) is 13.8. The maximum absolute atomic E-state index is 5.47. The topological polar surface area (TPSA) is 32.3 Å². The van der Waals surface area contributed by atoms with Crippen molar-refractivity contribution in [3.05, 3.63) is 120 Å². The van der Waals surface area contributed by atoms with E-state index in [2.05, 4.69) is 121 Å². The minimum Gasteiger partial charge on any atom is -0.338 e. The van der Waals surface area contributed by atoms with Crippen molar-refractivity contribution in [1.29, 1.82) is 0 Å². The van der Waals surface area contributed by atoms with Crippen LogP contribution in [0.1, 0.15) is 83.7 Å². The Morgan fingerprint density at radius 1 is 0.780 bits per heavy atom. The van der Waals surface area contributed by atoms with Gasteiger partial charge in [-0.1, -0.05) is 92.8 Å². The van der Waals surface area contributed by atoms with Crippen LogP contribution in [0, 0.1) is 41.4 Å². The highest BCUT2D eigenvalue weighted by Crippen LogP contribution is 2.56. The lowest BCUT2D eigenvalue weighted by molar-refractivity contribution is 0.0939. The molecule has 0 spiro atoms. The molecule has 8 aliphatic rings. The maximum atomic E-state index is 5.47. The predicted molar refractivity (Wildman–Crippen MR) is 206 cm³/mol. The van der Waals surface area contributed by atoms with Crippen molar-refractivity contribution < 1.29 is 0 Å². The summed E-state index contributed by atoms with van der Waals surface area (Å²) in [5, 5.41) is 1.16. The smallest absolute Gasteiger partial charge is 0.227 e. The maximum Gasteiger partial charge on any atom is 0.227 e. The summed E-state index contributed by atoms with van der Waals surface area (Å²) in [6, 6.07) is 9.97. The molecule has 6 aliphatic carbocycles. The van der Waals surface area contributed by atoms with Gasteiger partial charge in [0.15, 0.2) is 0 Å². The van der Waals surface area contributed by atoms with E-state index in [0.29, 0.717) is 53.6 Å². The fourth-order valence-corrected chi connectivity index (χ4v) is 11.7. The van der Waals surface area contributed by atoms with E-state index >= 15 is 0 Å². The van der Waals surface area contributed by atoms with E-state index < -0.39 is 0 Å². The SMILES string of the molecule is CC1C=C(c2nc(N3C4C=CCCC4C4CC(C5CC(C)C6C(C5)C5=C(C=CCC5)N6C5=CCCC=C5)C=CC43)nc3ccccc23)C=CC1. The van der Waals surface area contributed by atoms with E-state index in [1.54, 1.807) is 11.3 Å². The van der Waals surface area contributed by atoms with Crippen LogP contribution >= 0.6 is 0 Å². The van der Waals surface area contributed by atoms with E-state index in [-0.39, 0.29) is 0 Å². The molecule has 0 bridgehead atoms. The number of fused-ring (bicyclic) bond motifs is 6. The van der Waals surface area contributed by atoms with Gasteiger partial charge in [-0.05, 0) is 129 Å². The highest BCUT2D eigenvalue weighted by Gasteiger charge is 2.53. The molecule has 1 aromatic heterocycles. The van der Waals surface area contributed by atoms with E-state index in [1.165, 1.54) is 69.1 Å². The van der Waals surface area contributed by atoms with E-state index in [4.69, 9.17) is 9.97 Å². The zero-order chi connectivity index (χ0) is 33.3. The Hall–Kier alpha value is -3.92. The number of allylic oxidation sites excluding steroid dienone is 11. The normalized spacial score (nSPS) is 37.1. The van der Waals surface area contributed by atoms with Crippen molar-refractivity contribution in [1.82, 2.24) is 14.9 Å². The van der Waals surface area contributed by atoms with Crippen molar-refractivity contribution >= 4 is 22.4 Å². The van der Waals surface area contributed by atoms with Crippen LogP contribution in [-0.2, 0) is 0 Å². The van der Waals surface area contributed by atoms with Crippen molar-refractivity contribution in [3.8, 4) is 0 Å². The van der Waals surface area contributed by atoms with Crippen LogP contribution < -0.4 is 4.90 Å². The molecule has 10 rings (SSSR count). The molecular weight excluding hydrogens is 609 g/mol. The molecule has 0 amide bonds. The average Bonchev–Trinajstić information content (AvgIpc) is 3.68. The Balaban J connectivity index is 0.975. The lowest BCUT2D eigenvalue weighted by Crippen LogP contribution is -2.45. The average molecular weight is 661 g/mol. The third kappa shape index (κ3) is 4.99. The van der Waals surface area contributed by atoms with E-state index in [9.17, 15) is 0 Å². The van der Waals surface area contributed by atoms with E-state index in [1.807, 2.05) is 0 Å². The first-order chi connectivity index (χ1) is 24.6. The highest BCUT2D eigenvalue weighted by atomic mass is 15.3. The van der Waals surface area contributed by atoms with Crippen molar-refractivity contribution in [2.75, 3.05) is 4.90 Å². The van der Waals surface area contributed by atoms with Gasteiger partial charge in [0.1, 0.15) is 0 Å². The van der Waals surface area contributed by atoms with Crippen molar-refractivity contribution in [2.45, 2.75) is 96.2 Å². The lowest BCUT2D eigenvalue weighted by atomic mass is 9.63. The monoisotopic (exact) mass is 660 g/mol. The summed E-state index contributed by atoms with van der Waals surface area (Å²) in [7, 11) is 0. The zero-order valence-electron chi connectivity index (χ0n) is 29.9. The van der Waals surface area contributed by atoms with Crippen LogP contribution in [0.3, 0.4) is 0 Å². The predicted octanol–water partition coefficient (Wildman–Crippen LogP) is 10.5. The number of hydrogen-bond donors (Lipinski definition) is 0. The largest absolute Gasteiger partial charge is 0.338 e. The summed E-state index contributed by atoms with van der Waals surface area (Å²) < 4.78 is 0. The van der Waals surface area contributed by atoms with Crippen LogP contribution in [0.2, 0.25) is 0 Å². The number of aromatic nitrogens is 2. The van der Waals surface area contributed by atoms with Gasteiger partial charge in [0.05, 0.1) is 23.3 Å². The second kappa shape index (κ2) is 12.4. The van der Waals surface area contributed by atoms with Crippen LogP contribution in [0.25, 0.3) is 16.5 Å². The van der Waals surface area contributed by atoms with Crippen LogP contribution in [0.15, 0.2) is 114 Å². The summed E-state index contributed by atoms with van der Waals surface area (Å²) in [4.78, 5) is 16.2. The Morgan fingerprint density at radius 3 is 2.58 bits per heavy atom. The summed E-state index contributed by atoms with van der Waals surface area (Å²) in [5.41, 5.74) is 8.15. The van der Waals surface area contributed by atoms with Crippen LogP contribution in [0.4, 0.5) is 5.95 Å². The van der Waals surface area contributed by atoms with Gasteiger partial charge in [0, 0.05) is 28.7 Å². The second-order valence-corrected chi connectivity index (χ2v) is 16.8. The molecule has 2 fully saturated rings. The summed E-state index contributed by atoms with van der Waals surface area (Å²) in [5.74, 6) is 5.52. The Bertz CT molecular complexity index is 1940. The molecule has 1 saturated carbocycles. The molecule has 10 unspecified atom stereocenters. The van der Waals surface area contributed by atoms with Gasteiger partial charge in [0.2, 0.25) is 5.95 Å². The third-order valence-electron chi connectivity index (χ3n) is 13.8. The first-order valence-corrected chi connectivity index (χ1v) is 20.0. The Morgan fingerprint density at radius 2 is 1.68 bits per heavy atom. The molecule has 1 saturated heterocycles. The van der Waals surface area contributed by atoms with Gasteiger partial charge >= 0.3 is 0 Å². The number of rotatable bonds is 4. The number of anilines is 1.